The third-order valence-corrected chi connectivity index (χ3v) is 5.31. The molecular weight excluding hydrogens is 491 g/mol. The maximum Gasteiger partial charge on any atom is 0.335 e. The fraction of sp³-hybridized carbons (Fsp3) is 0.286. The lowest BCUT2D eigenvalue weighted by atomic mass is 10.4. The number of amides is 2. The van der Waals surface area contributed by atoms with Gasteiger partial charge in [0.2, 0.25) is 5.95 Å². The molecule has 1 aromatic heterocycles. The number of aliphatic hydroxyl groups is 1. The van der Waals surface area contributed by atoms with Crippen molar-refractivity contribution in [3.8, 4) is 6.01 Å². The SMILES string of the molecule is COc1nc(C)nc(NC(=O)NS(=O)(=O)c2ccccc2I)n1.NCCO. The van der Waals surface area contributed by atoms with Crippen LogP contribution in [0.5, 0.6) is 6.01 Å². The van der Waals surface area contributed by atoms with Crippen molar-refractivity contribution in [3.05, 3.63) is 33.7 Å². The van der Waals surface area contributed by atoms with E-state index in [0.717, 1.165) is 0 Å². The molecule has 0 aliphatic rings. The Morgan fingerprint density at radius 2 is 1.93 bits per heavy atom. The predicted molar refractivity (Wildman–Crippen MR) is 106 cm³/mol. The zero-order chi connectivity index (χ0) is 20.4. The van der Waals surface area contributed by atoms with E-state index in [1.165, 1.54) is 13.2 Å². The Morgan fingerprint density at radius 1 is 1.30 bits per heavy atom. The van der Waals surface area contributed by atoms with Crippen LogP contribution in [0.1, 0.15) is 5.82 Å². The van der Waals surface area contributed by atoms with Crippen LogP contribution < -0.4 is 20.5 Å². The van der Waals surface area contributed by atoms with Gasteiger partial charge in [-0.25, -0.2) is 17.9 Å². The molecule has 0 saturated heterocycles. The van der Waals surface area contributed by atoms with Crippen LogP contribution in [0.3, 0.4) is 0 Å². The summed E-state index contributed by atoms with van der Waals surface area (Å²) < 4.78 is 31.6. The normalized spacial score (nSPS) is 10.4. The highest BCUT2D eigenvalue weighted by atomic mass is 127. The van der Waals surface area contributed by atoms with Crippen LogP contribution in [0.4, 0.5) is 10.7 Å². The van der Waals surface area contributed by atoms with E-state index in [-0.39, 0.29) is 23.5 Å². The van der Waals surface area contributed by atoms with E-state index in [0.29, 0.717) is 15.9 Å². The van der Waals surface area contributed by atoms with Crippen LogP contribution in [-0.4, -0.2) is 54.8 Å². The molecule has 11 nitrogen and oxygen atoms in total. The van der Waals surface area contributed by atoms with E-state index >= 15 is 0 Å². The van der Waals surface area contributed by atoms with Crippen molar-refractivity contribution in [1.29, 1.82) is 0 Å². The molecule has 0 aliphatic carbocycles. The number of hydrogen-bond acceptors (Lipinski definition) is 9. The number of hydrogen-bond donors (Lipinski definition) is 4. The number of aliphatic hydroxyl groups excluding tert-OH is 1. The maximum absolute atomic E-state index is 12.2. The molecule has 2 amide bonds. The lowest BCUT2D eigenvalue weighted by Crippen LogP contribution is -2.35. The van der Waals surface area contributed by atoms with Crippen molar-refractivity contribution >= 4 is 44.6 Å². The number of anilines is 1. The molecule has 1 aromatic carbocycles. The van der Waals surface area contributed by atoms with E-state index < -0.39 is 16.1 Å². The molecule has 0 aliphatic heterocycles. The van der Waals surface area contributed by atoms with Crippen molar-refractivity contribution in [2.24, 2.45) is 5.73 Å². The highest BCUT2D eigenvalue weighted by Crippen LogP contribution is 2.17. The second-order valence-electron chi connectivity index (χ2n) is 4.70. The second kappa shape index (κ2) is 10.9. The summed E-state index contributed by atoms with van der Waals surface area (Å²) in [7, 11) is -2.65. The molecule has 2 aromatic rings. The monoisotopic (exact) mass is 510 g/mol. The Hall–Kier alpha value is -2.10. The van der Waals surface area contributed by atoms with E-state index in [9.17, 15) is 13.2 Å². The summed E-state index contributed by atoms with van der Waals surface area (Å²) >= 11 is 1.87. The number of aryl methyl sites for hydroxylation is 1. The van der Waals surface area contributed by atoms with Crippen molar-refractivity contribution in [1.82, 2.24) is 19.7 Å². The molecule has 0 fully saturated rings. The largest absolute Gasteiger partial charge is 0.467 e. The average Bonchev–Trinajstić information content (AvgIpc) is 2.61. The van der Waals surface area contributed by atoms with Crippen molar-refractivity contribution in [2.75, 3.05) is 25.6 Å². The fourth-order valence-electron chi connectivity index (χ4n) is 1.57. The van der Waals surface area contributed by atoms with E-state index in [2.05, 4.69) is 20.3 Å². The summed E-state index contributed by atoms with van der Waals surface area (Å²) in [6.45, 7) is 2.05. The lowest BCUT2D eigenvalue weighted by molar-refractivity contribution is 0.256. The van der Waals surface area contributed by atoms with Crippen molar-refractivity contribution in [2.45, 2.75) is 11.8 Å². The smallest absolute Gasteiger partial charge is 0.335 e. The van der Waals surface area contributed by atoms with Gasteiger partial charge >= 0.3 is 12.0 Å². The third kappa shape index (κ3) is 7.58. The summed E-state index contributed by atoms with van der Waals surface area (Å²) in [5, 5.41) is 9.98. The molecule has 27 heavy (non-hydrogen) atoms. The van der Waals surface area contributed by atoms with E-state index in [4.69, 9.17) is 15.6 Å². The number of methoxy groups -OCH3 is 1. The molecule has 148 valence electrons. The summed E-state index contributed by atoms with van der Waals surface area (Å²) in [5.41, 5.74) is 4.78. The first-order valence-electron chi connectivity index (χ1n) is 7.39. The number of aromatic nitrogens is 3. The predicted octanol–water partition coefficient (Wildman–Crippen LogP) is 0.241. The number of halogens is 1. The number of sulfonamides is 1. The van der Waals surface area contributed by atoms with Crippen LogP contribution in [0, 0.1) is 10.5 Å². The number of benzene rings is 1. The minimum Gasteiger partial charge on any atom is -0.467 e. The zero-order valence-corrected chi connectivity index (χ0v) is 17.5. The van der Waals surface area contributed by atoms with Gasteiger partial charge < -0.3 is 15.6 Å². The highest BCUT2D eigenvalue weighted by Gasteiger charge is 2.20. The van der Waals surface area contributed by atoms with Gasteiger partial charge in [0.1, 0.15) is 10.7 Å². The number of urea groups is 1. The Bertz CT molecular complexity index is 878. The summed E-state index contributed by atoms with van der Waals surface area (Å²) in [6.07, 6.45) is 0. The van der Waals surface area contributed by atoms with Gasteiger partial charge in [-0.2, -0.15) is 15.0 Å². The summed E-state index contributed by atoms with van der Waals surface area (Å²) in [6, 6.07) is 5.29. The number of carbonyl (C=O) groups is 1. The number of nitrogens with zero attached hydrogens (tertiary/aromatic N) is 3. The molecule has 0 atom stereocenters. The molecule has 0 bridgehead atoms. The van der Waals surface area contributed by atoms with Crippen LogP contribution >= 0.6 is 22.6 Å². The van der Waals surface area contributed by atoms with Gasteiger partial charge in [0.25, 0.3) is 10.0 Å². The van der Waals surface area contributed by atoms with Gasteiger partial charge in [0.15, 0.2) is 0 Å². The van der Waals surface area contributed by atoms with Crippen LogP contribution in [0.25, 0.3) is 0 Å². The summed E-state index contributed by atoms with van der Waals surface area (Å²) in [5.74, 6) is 0.192. The van der Waals surface area contributed by atoms with Crippen LogP contribution in [-0.2, 0) is 10.0 Å². The third-order valence-electron chi connectivity index (χ3n) is 2.62. The first-order valence-corrected chi connectivity index (χ1v) is 9.95. The maximum atomic E-state index is 12.2. The number of rotatable bonds is 5. The number of carbonyl (C=O) groups excluding carboxylic acids is 1. The van der Waals surface area contributed by atoms with Gasteiger partial charge in [-0.15, -0.1) is 0 Å². The quantitative estimate of drug-likeness (QED) is 0.412. The number of nitrogens with two attached hydrogens (primary N) is 1. The molecule has 1 heterocycles. The molecule has 0 radical (unpaired) electrons. The van der Waals surface area contributed by atoms with Gasteiger partial charge in [0.05, 0.1) is 13.7 Å². The first kappa shape index (κ1) is 22.9. The lowest BCUT2D eigenvalue weighted by Gasteiger charge is -2.09. The Labute approximate surface area is 170 Å². The minimum atomic E-state index is -4.01. The van der Waals surface area contributed by atoms with Crippen LogP contribution in [0.2, 0.25) is 0 Å². The van der Waals surface area contributed by atoms with Crippen LogP contribution in [0.15, 0.2) is 29.2 Å². The molecule has 0 unspecified atom stereocenters. The Balaban J connectivity index is 0.000000828. The number of ether oxygens (including phenoxy) is 1. The molecule has 0 spiro atoms. The summed E-state index contributed by atoms with van der Waals surface area (Å²) in [4.78, 5) is 23.4. The second-order valence-corrected chi connectivity index (χ2v) is 7.51. The fourth-order valence-corrected chi connectivity index (χ4v) is 3.82. The highest BCUT2D eigenvalue weighted by molar-refractivity contribution is 14.1. The first-order chi connectivity index (χ1) is 12.7. The zero-order valence-electron chi connectivity index (χ0n) is 14.5. The minimum absolute atomic E-state index is 0.000146. The van der Waals surface area contributed by atoms with E-state index in [1.54, 1.807) is 25.1 Å². The standard InChI is InChI=1S/C12H12IN5O4S.C2H7NO/c1-7-14-10(17-12(15-7)22-2)16-11(19)18-23(20,21)9-6-4-3-5-8(9)13;3-1-2-4/h3-6H,1-2H3,(H2,14,15,16,17,18,19);4H,1-3H2. The molecule has 5 N–H and O–H groups in total. The van der Waals surface area contributed by atoms with E-state index in [1.807, 2.05) is 27.3 Å². The van der Waals surface area contributed by atoms with Crippen molar-refractivity contribution in [3.63, 3.8) is 0 Å². The Kier molecular flexibility index (Phi) is 9.27. The topological polar surface area (TPSA) is 169 Å². The molecule has 13 heteroatoms. The molecule has 2 rings (SSSR count). The van der Waals surface area contributed by atoms with Gasteiger partial charge in [0, 0.05) is 10.1 Å². The van der Waals surface area contributed by atoms with Crippen molar-refractivity contribution < 1.29 is 23.1 Å². The Morgan fingerprint density at radius 3 is 2.48 bits per heavy atom. The average molecular weight is 510 g/mol. The van der Waals surface area contributed by atoms with Gasteiger partial charge in [-0.3, -0.25) is 5.32 Å². The van der Waals surface area contributed by atoms with Gasteiger partial charge in [-0.05, 0) is 41.6 Å². The molecular formula is C14H19IN6O5S. The number of nitrogens with one attached hydrogen (secondary N) is 2. The van der Waals surface area contributed by atoms with Gasteiger partial charge in [-0.1, -0.05) is 12.1 Å². The molecule has 0 saturated carbocycles.